The third kappa shape index (κ3) is 34.5. The Balaban J connectivity index is -0.000000115. The van der Waals surface area contributed by atoms with Gasteiger partial charge in [-0.15, -0.1) is 6.42 Å². The molecule has 0 bridgehead atoms. The molecule has 0 aliphatic heterocycles. The van der Waals surface area contributed by atoms with Gasteiger partial charge >= 0.3 is 46.9 Å². The summed E-state index contributed by atoms with van der Waals surface area (Å²) in [7, 11) is -17.5. The second kappa shape index (κ2) is 25.6. The molecule has 27 heteroatoms. The summed E-state index contributed by atoms with van der Waals surface area (Å²) in [4.78, 5) is 20.5. The van der Waals surface area contributed by atoms with Crippen LogP contribution in [0.4, 0.5) is 39.5 Å². The molecule has 2 aromatic rings. The molecule has 1 aromatic heterocycles. The zero-order valence-corrected chi connectivity index (χ0v) is 29.9. The number of furan rings is 1. The molecule has 2 rings (SSSR count). The standard InChI is InChI=1S/C9H10O2.C5H6O.C4H4O.C2H3N.3CHF3O3S.Sc/c1-6-3-4-8(11)5-9(6)7(2)10;1-5-3-2-4-6-5;1-3-4(2)5;1-2-3;3*2-1(3,4)8(5,6)7;/h3-5,11H,1-2H3;2-4H,1H3;1H,2H3;1H3;3*(H,5,6,7);. The van der Waals surface area contributed by atoms with Crippen LogP contribution in [0.25, 0.3) is 0 Å². The monoisotopic (exact) mass is 836 g/mol. The van der Waals surface area contributed by atoms with E-state index in [4.69, 9.17) is 53.7 Å². The van der Waals surface area contributed by atoms with Crippen LogP contribution in [0.3, 0.4) is 0 Å². The van der Waals surface area contributed by atoms with Gasteiger partial charge in [-0.2, -0.15) is 70.0 Å². The van der Waals surface area contributed by atoms with Crippen LogP contribution in [0.15, 0.2) is 41.0 Å². The van der Waals surface area contributed by atoms with Gasteiger partial charge in [0.05, 0.1) is 12.3 Å². The number of aromatic hydroxyl groups is 1. The number of Topliss-reactive ketones (excluding diaryl/α,β-unsaturated/α-hetero) is 2. The smallest absolute Gasteiger partial charge is 0.508 e. The molecule has 1 radical (unpaired) electrons. The number of aryl methyl sites for hydroxylation is 2. The van der Waals surface area contributed by atoms with Crippen LogP contribution in [0.5, 0.6) is 5.75 Å². The number of halogens is 9. The average molecular weight is 837 g/mol. The molecule has 0 amide bonds. The minimum Gasteiger partial charge on any atom is -0.508 e. The van der Waals surface area contributed by atoms with Crippen molar-refractivity contribution in [1.29, 1.82) is 5.26 Å². The van der Waals surface area contributed by atoms with Crippen molar-refractivity contribution in [2.24, 2.45) is 0 Å². The van der Waals surface area contributed by atoms with E-state index in [1.54, 1.807) is 24.5 Å². The summed E-state index contributed by atoms with van der Waals surface area (Å²) in [6.45, 7) is 8.03. The van der Waals surface area contributed by atoms with Gasteiger partial charge in [0, 0.05) is 45.3 Å². The Labute approximate surface area is 298 Å². The summed E-state index contributed by atoms with van der Waals surface area (Å²) in [6.07, 6.45) is 6.23. The number of carbonyl (C=O) groups is 2. The van der Waals surface area contributed by atoms with Gasteiger partial charge < -0.3 is 9.52 Å². The Morgan fingerprint density at radius 3 is 1.18 bits per heavy atom. The molecule has 0 fully saturated rings. The zero-order valence-electron chi connectivity index (χ0n) is 25.7. The normalized spacial score (nSPS) is 10.6. The van der Waals surface area contributed by atoms with E-state index in [0.717, 1.165) is 11.3 Å². The molecule has 0 saturated heterocycles. The number of phenolic OH excluding ortho intramolecular Hbond substituents is 1. The first-order valence-electron chi connectivity index (χ1n) is 11.1. The number of hydrogen-bond acceptors (Lipinski definition) is 11. The second-order valence-corrected chi connectivity index (χ2v) is 11.7. The molecule has 1 heterocycles. The molecule has 0 spiro atoms. The van der Waals surface area contributed by atoms with Gasteiger partial charge in [0.1, 0.15) is 11.5 Å². The quantitative estimate of drug-likeness (QED) is 0.0700. The van der Waals surface area contributed by atoms with E-state index < -0.39 is 46.9 Å². The van der Waals surface area contributed by atoms with Gasteiger partial charge in [0.25, 0.3) is 0 Å². The number of nitrogens with zero attached hydrogens (tertiary/aromatic N) is 1. The zero-order chi connectivity index (χ0) is 40.8. The van der Waals surface area contributed by atoms with Crippen molar-refractivity contribution < 1.29 is 123 Å². The largest absolute Gasteiger partial charge is 0.522 e. The fourth-order valence-corrected chi connectivity index (χ4v) is 1.35. The van der Waals surface area contributed by atoms with Crippen LogP contribution in [-0.4, -0.2) is 72.1 Å². The van der Waals surface area contributed by atoms with Gasteiger partial charge in [-0.1, -0.05) is 6.07 Å². The van der Waals surface area contributed by atoms with E-state index in [-0.39, 0.29) is 43.2 Å². The minimum atomic E-state index is -5.84. The maximum atomic E-state index is 10.9. The van der Waals surface area contributed by atoms with Gasteiger partial charge in [0.2, 0.25) is 5.78 Å². The predicted octanol–water partition coefficient (Wildman–Crippen LogP) is 5.41. The van der Waals surface area contributed by atoms with E-state index in [1.165, 1.54) is 26.8 Å². The van der Waals surface area contributed by atoms with Gasteiger partial charge in [-0.05, 0) is 56.5 Å². The Kier molecular flexibility index (Phi) is 30.1. The molecule has 1 aromatic carbocycles. The van der Waals surface area contributed by atoms with Crippen molar-refractivity contribution in [1.82, 2.24) is 0 Å². The third-order valence-corrected chi connectivity index (χ3v) is 5.10. The molecular formula is C23H26F9NO13S3Sc. The summed E-state index contributed by atoms with van der Waals surface area (Å²) >= 11 is 0. The fraction of sp³-hybridized carbons (Fsp3) is 0.348. The number of benzene rings is 1. The second-order valence-electron chi connectivity index (χ2n) is 7.47. The van der Waals surface area contributed by atoms with E-state index in [9.17, 15) is 49.1 Å². The molecule has 50 heavy (non-hydrogen) atoms. The number of hydrogen-bond donors (Lipinski definition) is 4. The van der Waals surface area contributed by atoms with Gasteiger partial charge in [-0.3, -0.25) is 23.2 Å². The van der Waals surface area contributed by atoms with Crippen molar-refractivity contribution in [3.8, 4) is 24.2 Å². The van der Waals surface area contributed by atoms with Crippen molar-refractivity contribution >= 4 is 41.9 Å². The molecule has 0 saturated carbocycles. The van der Waals surface area contributed by atoms with Crippen molar-refractivity contribution in [3.05, 3.63) is 53.5 Å². The van der Waals surface area contributed by atoms with E-state index in [0.29, 0.717) is 5.56 Å². The third-order valence-electron chi connectivity index (χ3n) is 3.34. The molecule has 0 unspecified atom stereocenters. The molecule has 0 atom stereocenters. The van der Waals surface area contributed by atoms with Crippen LogP contribution in [0.2, 0.25) is 0 Å². The molecule has 285 valence electrons. The Bertz CT molecular complexity index is 1610. The number of alkyl halides is 9. The van der Waals surface area contributed by atoms with Crippen LogP contribution in [-0.2, 0) is 61.0 Å². The minimum absolute atomic E-state index is 0. The van der Waals surface area contributed by atoms with Crippen LogP contribution in [0.1, 0.15) is 42.5 Å². The van der Waals surface area contributed by atoms with E-state index in [1.807, 2.05) is 31.9 Å². The average Bonchev–Trinajstić information content (AvgIpc) is 3.35. The molecular weight excluding hydrogens is 810 g/mol. The van der Waals surface area contributed by atoms with Crippen molar-refractivity contribution in [2.75, 3.05) is 0 Å². The molecule has 14 nitrogen and oxygen atoms in total. The maximum Gasteiger partial charge on any atom is 0.522 e. The predicted molar refractivity (Wildman–Crippen MR) is 150 cm³/mol. The first kappa shape index (κ1) is 58.8. The van der Waals surface area contributed by atoms with Crippen LogP contribution >= 0.6 is 0 Å². The molecule has 0 aliphatic rings. The molecule has 4 N–H and O–H groups in total. The summed E-state index contributed by atoms with van der Waals surface area (Å²) < 4.78 is 177. The summed E-state index contributed by atoms with van der Waals surface area (Å²) in [5, 5.41) is 16.4. The number of nitriles is 1. The van der Waals surface area contributed by atoms with E-state index in [2.05, 4.69) is 6.42 Å². The summed E-state index contributed by atoms with van der Waals surface area (Å²) in [6, 6.07) is 10.3. The Morgan fingerprint density at radius 2 is 1.06 bits per heavy atom. The van der Waals surface area contributed by atoms with Gasteiger partial charge in [0.15, 0.2) is 5.78 Å². The first-order chi connectivity index (χ1) is 21.4. The van der Waals surface area contributed by atoms with Crippen molar-refractivity contribution in [2.45, 2.75) is 51.1 Å². The number of carbonyl (C=O) groups excluding carboxylic acids is 2. The number of ketones is 2. The van der Waals surface area contributed by atoms with Crippen molar-refractivity contribution in [3.63, 3.8) is 0 Å². The number of terminal acetylenes is 1. The summed E-state index contributed by atoms with van der Waals surface area (Å²) in [5.74, 6) is 2.76. The van der Waals surface area contributed by atoms with Crippen LogP contribution < -0.4 is 0 Å². The number of rotatable bonds is 1. The topological polar surface area (TPSA) is 254 Å². The SMILES string of the molecule is C#CC(C)=O.CC#N.CC(=O)c1cc(O)ccc1C.Cc1ccco1.O=S(=O)(O)C(F)(F)F.O=S(=O)(O)C(F)(F)F.O=S(=O)(O)C(F)(F)F.[Sc]. The Morgan fingerprint density at radius 1 is 0.780 bits per heavy atom. The van der Waals surface area contributed by atoms with E-state index >= 15 is 0 Å². The summed E-state index contributed by atoms with van der Waals surface area (Å²) in [5.41, 5.74) is -15.1. The first-order valence-corrected chi connectivity index (χ1v) is 15.5. The Hall–Kier alpha value is -3.34. The number of phenols is 1. The maximum absolute atomic E-state index is 10.9. The van der Waals surface area contributed by atoms with Gasteiger partial charge in [-0.25, -0.2) is 0 Å². The fourth-order valence-electron chi connectivity index (χ4n) is 1.35. The van der Waals surface area contributed by atoms with Crippen LogP contribution in [0, 0.1) is 37.5 Å². The molecule has 0 aliphatic carbocycles.